The summed E-state index contributed by atoms with van der Waals surface area (Å²) in [4.78, 5) is 30.6. The highest BCUT2D eigenvalue weighted by molar-refractivity contribution is 6.02. The number of H-pyrrole nitrogens is 1. The Morgan fingerprint density at radius 2 is 2.16 bits per heavy atom. The molecule has 9 heteroatoms. The zero-order valence-corrected chi connectivity index (χ0v) is 9.97. The van der Waals surface area contributed by atoms with Gasteiger partial charge >= 0.3 is 0 Å². The molecular weight excluding hydrogens is 250 g/mol. The molecular formula is C10H11N7O2. The van der Waals surface area contributed by atoms with Crippen LogP contribution in [0.2, 0.25) is 0 Å². The highest BCUT2D eigenvalue weighted by Gasteiger charge is 2.11. The van der Waals surface area contributed by atoms with Crippen LogP contribution in [0.5, 0.6) is 0 Å². The lowest BCUT2D eigenvalue weighted by Crippen LogP contribution is -2.19. The van der Waals surface area contributed by atoms with E-state index in [0.29, 0.717) is 5.69 Å². The molecule has 0 aliphatic heterocycles. The van der Waals surface area contributed by atoms with Gasteiger partial charge < -0.3 is 5.32 Å². The lowest BCUT2D eigenvalue weighted by Gasteiger charge is -2.05. The lowest BCUT2D eigenvalue weighted by molar-refractivity contribution is 0.102. The fourth-order valence-electron chi connectivity index (χ4n) is 1.34. The van der Waals surface area contributed by atoms with E-state index < -0.39 is 5.91 Å². The number of rotatable bonds is 3. The average molecular weight is 261 g/mol. The van der Waals surface area contributed by atoms with Crippen molar-refractivity contribution in [1.82, 2.24) is 20.2 Å². The molecule has 2 aromatic heterocycles. The zero-order chi connectivity index (χ0) is 13.8. The van der Waals surface area contributed by atoms with Crippen LogP contribution in [-0.2, 0) is 0 Å². The molecule has 0 saturated heterocycles. The van der Waals surface area contributed by atoms with Crippen LogP contribution in [-0.4, -0.2) is 26.1 Å². The zero-order valence-electron chi connectivity index (χ0n) is 9.97. The smallest absolute Gasteiger partial charge is 0.275 e. The SMILES string of the molecule is Cc1cc(C(=O)Nc2ccc(=O)[nH]n2)nc(NN)n1. The normalized spacial score (nSPS) is 10.0. The van der Waals surface area contributed by atoms with E-state index in [1.165, 1.54) is 18.2 Å². The molecule has 5 N–H and O–H groups in total. The molecule has 2 heterocycles. The van der Waals surface area contributed by atoms with Crippen LogP contribution >= 0.6 is 0 Å². The van der Waals surface area contributed by atoms with Gasteiger partial charge in [0.25, 0.3) is 11.5 Å². The summed E-state index contributed by atoms with van der Waals surface area (Å²) in [5, 5.41) is 8.35. The van der Waals surface area contributed by atoms with E-state index in [0.717, 1.165) is 0 Å². The highest BCUT2D eigenvalue weighted by atomic mass is 16.2. The molecule has 19 heavy (non-hydrogen) atoms. The number of anilines is 2. The maximum atomic E-state index is 11.9. The van der Waals surface area contributed by atoms with Crippen molar-refractivity contribution in [1.29, 1.82) is 0 Å². The van der Waals surface area contributed by atoms with Gasteiger partial charge in [0.05, 0.1) is 0 Å². The quantitative estimate of drug-likeness (QED) is 0.427. The highest BCUT2D eigenvalue weighted by Crippen LogP contribution is 2.06. The minimum atomic E-state index is -0.485. The van der Waals surface area contributed by atoms with Crippen LogP contribution < -0.4 is 22.1 Å². The molecule has 0 fully saturated rings. The maximum Gasteiger partial charge on any atom is 0.275 e. The number of hydrogen-bond donors (Lipinski definition) is 4. The van der Waals surface area contributed by atoms with Crippen molar-refractivity contribution < 1.29 is 4.79 Å². The van der Waals surface area contributed by atoms with Gasteiger partial charge in [-0.05, 0) is 19.1 Å². The first kappa shape index (κ1) is 12.6. The molecule has 0 bridgehead atoms. The third-order valence-electron chi connectivity index (χ3n) is 2.14. The van der Waals surface area contributed by atoms with Crippen molar-refractivity contribution in [3.8, 4) is 0 Å². The van der Waals surface area contributed by atoms with Crippen LogP contribution in [0.3, 0.4) is 0 Å². The first-order valence-electron chi connectivity index (χ1n) is 5.28. The molecule has 1 amide bonds. The van der Waals surface area contributed by atoms with Crippen molar-refractivity contribution in [3.63, 3.8) is 0 Å². The van der Waals surface area contributed by atoms with Crippen molar-refractivity contribution >= 4 is 17.7 Å². The number of aromatic nitrogens is 4. The van der Waals surface area contributed by atoms with Gasteiger partial charge in [-0.1, -0.05) is 0 Å². The van der Waals surface area contributed by atoms with Gasteiger partial charge in [0.2, 0.25) is 5.95 Å². The van der Waals surface area contributed by atoms with E-state index in [9.17, 15) is 9.59 Å². The first-order valence-corrected chi connectivity index (χ1v) is 5.28. The van der Waals surface area contributed by atoms with Gasteiger partial charge in [0.1, 0.15) is 5.69 Å². The summed E-state index contributed by atoms with van der Waals surface area (Å²) in [5.41, 5.74) is 2.63. The van der Waals surface area contributed by atoms with Crippen molar-refractivity contribution in [2.45, 2.75) is 6.92 Å². The Labute approximate surface area is 107 Å². The maximum absolute atomic E-state index is 11.9. The van der Waals surface area contributed by atoms with Crippen molar-refractivity contribution in [3.05, 3.63) is 39.9 Å². The van der Waals surface area contributed by atoms with Gasteiger partial charge in [0, 0.05) is 11.8 Å². The molecule has 0 atom stereocenters. The molecule has 98 valence electrons. The number of nitrogens with zero attached hydrogens (tertiary/aromatic N) is 3. The third kappa shape index (κ3) is 3.10. The van der Waals surface area contributed by atoms with Crippen LogP contribution in [0.15, 0.2) is 23.0 Å². The van der Waals surface area contributed by atoms with Gasteiger partial charge in [-0.25, -0.2) is 20.9 Å². The summed E-state index contributed by atoms with van der Waals surface area (Å²) >= 11 is 0. The topological polar surface area (TPSA) is 139 Å². The summed E-state index contributed by atoms with van der Waals surface area (Å²) in [6.07, 6.45) is 0. The third-order valence-corrected chi connectivity index (χ3v) is 2.14. The number of hydrazine groups is 1. The standard InChI is InChI=1S/C10H11N7O2/c1-5-4-6(13-10(12-5)15-11)9(19)14-7-2-3-8(18)17-16-7/h2-4H,11H2,1H3,(H,17,18)(H,12,13,15)(H,14,16,19). The second kappa shape index (κ2) is 5.23. The number of nitrogen functional groups attached to an aromatic ring is 1. The Hall–Kier alpha value is -2.81. The van der Waals surface area contributed by atoms with E-state index in [1.807, 2.05) is 0 Å². The van der Waals surface area contributed by atoms with Gasteiger partial charge in [-0.15, -0.1) is 0 Å². The number of nitrogens with two attached hydrogens (primary N) is 1. The van der Waals surface area contributed by atoms with Crippen molar-refractivity contribution in [2.24, 2.45) is 5.84 Å². The Morgan fingerprint density at radius 3 is 2.79 bits per heavy atom. The molecule has 0 spiro atoms. The molecule has 0 saturated carbocycles. The van der Waals surface area contributed by atoms with Gasteiger partial charge in [-0.2, -0.15) is 5.10 Å². The van der Waals surface area contributed by atoms with Gasteiger partial charge in [-0.3, -0.25) is 15.0 Å². The number of aromatic amines is 1. The predicted octanol–water partition coefficient (Wildman–Crippen LogP) is -0.594. The number of carbonyl (C=O) groups excluding carboxylic acids is 1. The fourth-order valence-corrected chi connectivity index (χ4v) is 1.34. The summed E-state index contributed by atoms with van der Waals surface area (Å²) < 4.78 is 0. The monoisotopic (exact) mass is 261 g/mol. The Balaban J connectivity index is 2.22. The first-order chi connectivity index (χ1) is 9.08. The lowest BCUT2D eigenvalue weighted by atomic mass is 10.3. The number of amides is 1. The van der Waals surface area contributed by atoms with Crippen LogP contribution in [0.4, 0.5) is 11.8 Å². The van der Waals surface area contributed by atoms with E-state index in [-0.39, 0.29) is 23.0 Å². The molecule has 0 aliphatic carbocycles. The van der Waals surface area contributed by atoms with E-state index >= 15 is 0 Å². The summed E-state index contributed by atoms with van der Waals surface area (Å²) in [5.74, 6) is 5.06. The minimum absolute atomic E-state index is 0.133. The summed E-state index contributed by atoms with van der Waals surface area (Å²) in [6.45, 7) is 1.71. The number of carbonyl (C=O) groups is 1. The number of aryl methyl sites for hydroxylation is 1. The largest absolute Gasteiger partial charge is 0.304 e. The molecule has 2 aromatic rings. The fraction of sp³-hybridized carbons (Fsp3) is 0.100. The van der Waals surface area contributed by atoms with E-state index in [1.54, 1.807) is 6.92 Å². The summed E-state index contributed by atoms with van der Waals surface area (Å²) in [6, 6.07) is 4.13. The molecule has 9 nitrogen and oxygen atoms in total. The molecule has 0 aromatic carbocycles. The molecule has 0 aliphatic rings. The molecule has 0 radical (unpaired) electrons. The van der Waals surface area contributed by atoms with Crippen LogP contribution in [0, 0.1) is 6.92 Å². The second-order valence-electron chi connectivity index (χ2n) is 3.62. The van der Waals surface area contributed by atoms with Gasteiger partial charge in [0.15, 0.2) is 5.82 Å². The van der Waals surface area contributed by atoms with Crippen molar-refractivity contribution in [2.75, 3.05) is 10.7 Å². The van der Waals surface area contributed by atoms with Crippen LogP contribution in [0.1, 0.15) is 16.2 Å². The van der Waals surface area contributed by atoms with E-state index in [2.05, 4.69) is 30.9 Å². The summed E-state index contributed by atoms with van der Waals surface area (Å²) in [7, 11) is 0. The molecule has 2 rings (SSSR count). The minimum Gasteiger partial charge on any atom is -0.304 e. The van der Waals surface area contributed by atoms with Crippen LogP contribution in [0.25, 0.3) is 0 Å². The Morgan fingerprint density at radius 1 is 1.37 bits per heavy atom. The average Bonchev–Trinajstić information content (AvgIpc) is 2.40. The second-order valence-corrected chi connectivity index (χ2v) is 3.62. The van der Waals surface area contributed by atoms with E-state index in [4.69, 9.17) is 5.84 Å². The molecule has 0 unspecified atom stereocenters. The predicted molar refractivity (Wildman–Crippen MR) is 67.4 cm³/mol. The number of hydrogen-bond acceptors (Lipinski definition) is 7. The Bertz CT molecular complexity index is 647. The number of nitrogens with one attached hydrogen (secondary N) is 3. The Kier molecular flexibility index (Phi) is 3.48.